The second-order valence-electron chi connectivity index (χ2n) is 3.48. The van der Waals surface area contributed by atoms with Gasteiger partial charge >= 0.3 is 0 Å². The lowest BCUT2D eigenvalue weighted by Crippen LogP contribution is -2.06. The van der Waals surface area contributed by atoms with Crippen molar-refractivity contribution in [3.05, 3.63) is 29.7 Å². The number of aryl methyl sites for hydroxylation is 1. The van der Waals surface area contributed by atoms with E-state index in [0.717, 1.165) is 23.5 Å². The molecule has 0 unspecified atom stereocenters. The fourth-order valence-electron chi connectivity index (χ4n) is 1.76. The molecule has 0 fully saturated rings. The summed E-state index contributed by atoms with van der Waals surface area (Å²) in [7, 11) is 1.66. The first-order chi connectivity index (χ1) is 7.26. The van der Waals surface area contributed by atoms with E-state index in [2.05, 4.69) is 9.38 Å². The van der Waals surface area contributed by atoms with Crippen molar-refractivity contribution in [1.82, 2.24) is 9.38 Å². The molecule has 0 aliphatic heterocycles. The van der Waals surface area contributed by atoms with Crippen molar-refractivity contribution in [3.63, 3.8) is 0 Å². The number of pyridine rings is 1. The summed E-state index contributed by atoms with van der Waals surface area (Å²) >= 11 is 0. The molecule has 15 heavy (non-hydrogen) atoms. The molecule has 4 heteroatoms. The smallest absolute Gasteiger partial charge is 0.140 e. The average Bonchev–Trinajstić information content (AvgIpc) is 2.55. The number of ether oxygens (including phenoxy) is 1. The Hall–Kier alpha value is -1.55. The zero-order valence-electron chi connectivity index (χ0n) is 9.03. The Morgan fingerprint density at radius 1 is 1.53 bits per heavy atom. The summed E-state index contributed by atoms with van der Waals surface area (Å²) in [5.41, 5.74) is 8.69. The van der Waals surface area contributed by atoms with Gasteiger partial charge in [-0.1, -0.05) is 0 Å². The van der Waals surface area contributed by atoms with Crippen LogP contribution in [0.25, 0.3) is 5.65 Å². The SMILES string of the molecule is COc1ccn2c(CCN)c(C)nc2c1. The Morgan fingerprint density at radius 2 is 2.33 bits per heavy atom. The third kappa shape index (κ3) is 1.68. The van der Waals surface area contributed by atoms with E-state index < -0.39 is 0 Å². The van der Waals surface area contributed by atoms with Gasteiger partial charge in [0.1, 0.15) is 11.4 Å². The molecule has 0 spiro atoms. The highest BCUT2D eigenvalue weighted by atomic mass is 16.5. The fraction of sp³-hybridized carbons (Fsp3) is 0.364. The normalized spacial score (nSPS) is 10.9. The maximum atomic E-state index is 5.57. The topological polar surface area (TPSA) is 52.5 Å². The maximum Gasteiger partial charge on any atom is 0.140 e. The lowest BCUT2D eigenvalue weighted by atomic mass is 10.2. The van der Waals surface area contributed by atoms with Gasteiger partial charge in [-0.05, 0) is 19.5 Å². The molecule has 0 amide bonds. The van der Waals surface area contributed by atoms with E-state index >= 15 is 0 Å². The van der Waals surface area contributed by atoms with E-state index in [1.807, 2.05) is 25.3 Å². The van der Waals surface area contributed by atoms with Gasteiger partial charge in [-0.15, -0.1) is 0 Å². The van der Waals surface area contributed by atoms with Crippen molar-refractivity contribution in [2.24, 2.45) is 5.73 Å². The van der Waals surface area contributed by atoms with Gasteiger partial charge in [0, 0.05) is 24.4 Å². The zero-order valence-corrected chi connectivity index (χ0v) is 9.03. The van der Waals surface area contributed by atoms with Crippen molar-refractivity contribution in [3.8, 4) is 5.75 Å². The Morgan fingerprint density at radius 3 is 3.00 bits per heavy atom. The van der Waals surface area contributed by atoms with E-state index in [1.165, 1.54) is 5.69 Å². The molecule has 0 saturated heterocycles. The molecular formula is C11H15N3O. The zero-order chi connectivity index (χ0) is 10.8. The minimum Gasteiger partial charge on any atom is -0.497 e. The summed E-state index contributed by atoms with van der Waals surface area (Å²) in [5.74, 6) is 0.826. The Bertz CT molecular complexity index is 476. The summed E-state index contributed by atoms with van der Waals surface area (Å²) in [6.45, 7) is 2.64. The molecule has 2 aromatic rings. The minimum absolute atomic E-state index is 0.640. The predicted octanol–water partition coefficient (Wildman–Crippen LogP) is 1.15. The molecule has 80 valence electrons. The van der Waals surface area contributed by atoms with Crippen LogP contribution in [0.3, 0.4) is 0 Å². The third-order valence-corrected chi connectivity index (χ3v) is 2.51. The first-order valence-corrected chi connectivity index (χ1v) is 4.98. The Kier molecular flexibility index (Phi) is 2.60. The van der Waals surface area contributed by atoms with Gasteiger partial charge in [0.05, 0.1) is 12.8 Å². The van der Waals surface area contributed by atoms with Crippen LogP contribution in [-0.4, -0.2) is 23.0 Å². The molecule has 0 atom stereocenters. The van der Waals surface area contributed by atoms with Crippen LogP contribution >= 0.6 is 0 Å². The van der Waals surface area contributed by atoms with E-state index in [-0.39, 0.29) is 0 Å². The lowest BCUT2D eigenvalue weighted by molar-refractivity contribution is 0.414. The lowest BCUT2D eigenvalue weighted by Gasteiger charge is -2.02. The molecule has 2 N–H and O–H groups in total. The largest absolute Gasteiger partial charge is 0.497 e. The average molecular weight is 205 g/mol. The molecule has 0 saturated carbocycles. The van der Waals surface area contributed by atoms with Crippen molar-refractivity contribution in [2.75, 3.05) is 13.7 Å². The standard InChI is InChI=1S/C11H15N3O/c1-8-10(3-5-12)14-6-4-9(15-2)7-11(14)13-8/h4,6-7H,3,5,12H2,1-2H3. The second-order valence-corrected chi connectivity index (χ2v) is 3.48. The molecule has 4 nitrogen and oxygen atoms in total. The van der Waals surface area contributed by atoms with Gasteiger partial charge in [0.25, 0.3) is 0 Å². The van der Waals surface area contributed by atoms with Crippen LogP contribution in [0.2, 0.25) is 0 Å². The van der Waals surface area contributed by atoms with Crippen LogP contribution in [0.1, 0.15) is 11.4 Å². The highest BCUT2D eigenvalue weighted by Crippen LogP contribution is 2.17. The first kappa shape index (κ1) is 9.98. The summed E-state index contributed by atoms with van der Waals surface area (Å²) < 4.78 is 7.21. The monoisotopic (exact) mass is 205 g/mol. The van der Waals surface area contributed by atoms with Gasteiger partial charge in [0.15, 0.2) is 0 Å². The molecule has 0 bridgehead atoms. The number of aromatic nitrogens is 2. The van der Waals surface area contributed by atoms with Crippen LogP contribution in [0.5, 0.6) is 5.75 Å². The second kappa shape index (κ2) is 3.90. The number of imidazole rings is 1. The number of nitrogens with two attached hydrogens (primary N) is 1. The highest BCUT2D eigenvalue weighted by Gasteiger charge is 2.07. The highest BCUT2D eigenvalue weighted by molar-refractivity contribution is 5.47. The van der Waals surface area contributed by atoms with Gasteiger partial charge in [-0.25, -0.2) is 4.98 Å². The van der Waals surface area contributed by atoms with Crippen LogP contribution in [0.4, 0.5) is 0 Å². The van der Waals surface area contributed by atoms with Gasteiger partial charge in [0.2, 0.25) is 0 Å². The molecule has 2 aromatic heterocycles. The number of hydrogen-bond acceptors (Lipinski definition) is 3. The number of methoxy groups -OCH3 is 1. The van der Waals surface area contributed by atoms with E-state index in [1.54, 1.807) is 7.11 Å². The van der Waals surface area contributed by atoms with Crippen LogP contribution in [0.15, 0.2) is 18.3 Å². The van der Waals surface area contributed by atoms with Crippen LogP contribution in [0, 0.1) is 6.92 Å². The molecule has 0 aliphatic rings. The quantitative estimate of drug-likeness (QED) is 0.817. The fourth-order valence-corrected chi connectivity index (χ4v) is 1.76. The van der Waals surface area contributed by atoms with Crippen LogP contribution in [-0.2, 0) is 6.42 Å². The molecular weight excluding hydrogens is 190 g/mol. The third-order valence-electron chi connectivity index (χ3n) is 2.51. The summed E-state index contributed by atoms with van der Waals surface area (Å²) in [6, 6.07) is 3.85. The van der Waals surface area contributed by atoms with Crippen molar-refractivity contribution in [1.29, 1.82) is 0 Å². The molecule has 0 aliphatic carbocycles. The molecule has 0 aromatic carbocycles. The number of rotatable bonds is 3. The van der Waals surface area contributed by atoms with Gasteiger partial charge in [-0.3, -0.25) is 0 Å². The first-order valence-electron chi connectivity index (χ1n) is 4.98. The Balaban J connectivity index is 2.58. The van der Waals surface area contributed by atoms with Crippen molar-refractivity contribution < 1.29 is 4.74 Å². The van der Waals surface area contributed by atoms with Crippen molar-refractivity contribution in [2.45, 2.75) is 13.3 Å². The molecule has 0 radical (unpaired) electrons. The summed E-state index contributed by atoms with van der Waals surface area (Å²) in [4.78, 5) is 4.47. The maximum absolute atomic E-state index is 5.57. The molecule has 2 rings (SSSR count). The number of fused-ring (bicyclic) bond motifs is 1. The van der Waals surface area contributed by atoms with Gasteiger partial charge in [-0.2, -0.15) is 0 Å². The predicted molar refractivity (Wildman–Crippen MR) is 59.2 cm³/mol. The number of hydrogen-bond donors (Lipinski definition) is 1. The molecule has 2 heterocycles. The van der Waals surface area contributed by atoms with Crippen molar-refractivity contribution >= 4 is 5.65 Å². The van der Waals surface area contributed by atoms with Gasteiger partial charge < -0.3 is 14.9 Å². The number of nitrogens with zero attached hydrogens (tertiary/aromatic N) is 2. The van der Waals surface area contributed by atoms with Crippen LogP contribution < -0.4 is 10.5 Å². The van der Waals surface area contributed by atoms with E-state index in [0.29, 0.717) is 6.54 Å². The minimum atomic E-state index is 0.640. The Labute approximate surface area is 88.7 Å². The summed E-state index contributed by atoms with van der Waals surface area (Å²) in [5, 5.41) is 0. The van der Waals surface area contributed by atoms with E-state index in [4.69, 9.17) is 10.5 Å². The van der Waals surface area contributed by atoms with E-state index in [9.17, 15) is 0 Å². The summed E-state index contributed by atoms with van der Waals surface area (Å²) in [6.07, 6.45) is 2.82.